The number of carbonyl (C=O) groups excluding carboxylic acids is 1. The molecule has 0 spiro atoms. The number of carbonyl (C=O) groups is 1. The number of benzene rings is 1. The Balaban J connectivity index is 1.68. The Morgan fingerprint density at radius 1 is 1.25 bits per heavy atom. The van der Waals surface area contributed by atoms with Crippen molar-refractivity contribution in [1.29, 1.82) is 0 Å². The maximum atomic E-state index is 12.7. The van der Waals surface area contributed by atoms with Gasteiger partial charge in [0.2, 0.25) is 10.8 Å². The van der Waals surface area contributed by atoms with E-state index in [9.17, 15) is 4.79 Å². The highest BCUT2D eigenvalue weighted by Crippen LogP contribution is 2.31. The van der Waals surface area contributed by atoms with Crippen LogP contribution in [-0.2, 0) is 0 Å². The second-order valence-electron chi connectivity index (χ2n) is 6.08. The summed E-state index contributed by atoms with van der Waals surface area (Å²) in [5, 5.41) is 14.0. The van der Waals surface area contributed by atoms with Gasteiger partial charge in [-0.25, -0.2) is 0 Å². The number of fused-ring (bicyclic) bond motifs is 1. The molecule has 1 fully saturated rings. The molecule has 0 unspecified atom stereocenters. The SMILES string of the molecule is CC1CCN(C(=O)c2nnc3sc(-c4ccccc4Cl)nn23)CC1. The third-order valence-corrected chi connectivity index (χ3v) is 5.62. The van der Waals surface area contributed by atoms with Crippen molar-refractivity contribution in [2.75, 3.05) is 13.1 Å². The molecule has 4 rings (SSSR count). The zero-order valence-electron chi connectivity index (χ0n) is 13.1. The Kier molecular flexibility index (Phi) is 3.97. The molecule has 0 atom stereocenters. The van der Waals surface area contributed by atoms with Gasteiger partial charge in [-0.05, 0) is 24.8 Å². The van der Waals surface area contributed by atoms with Crippen LogP contribution in [0.2, 0.25) is 5.02 Å². The fourth-order valence-corrected chi connectivity index (χ4v) is 4.01. The highest BCUT2D eigenvalue weighted by atomic mass is 35.5. The Bertz CT molecular complexity index is 897. The van der Waals surface area contributed by atoms with E-state index in [-0.39, 0.29) is 11.7 Å². The number of hydrogen-bond donors (Lipinski definition) is 0. The highest BCUT2D eigenvalue weighted by molar-refractivity contribution is 7.19. The van der Waals surface area contributed by atoms with E-state index in [4.69, 9.17) is 11.6 Å². The average Bonchev–Trinajstić information content (AvgIpc) is 3.16. The van der Waals surface area contributed by atoms with E-state index in [1.165, 1.54) is 15.9 Å². The summed E-state index contributed by atoms with van der Waals surface area (Å²) < 4.78 is 1.53. The molecule has 24 heavy (non-hydrogen) atoms. The molecule has 1 aliphatic heterocycles. The molecular weight excluding hydrogens is 346 g/mol. The van der Waals surface area contributed by atoms with Gasteiger partial charge in [-0.2, -0.15) is 9.61 Å². The van der Waals surface area contributed by atoms with Gasteiger partial charge < -0.3 is 4.90 Å². The van der Waals surface area contributed by atoms with Gasteiger partial charge in [-0.3, -0.25) is 4.79 Å². The molecule has 0 radical (unpaired) electrons. The van der Waals surface area contributed by atoms with Crippen LogP contribution in [0.1, 0.15) is 30.4 Å². The third kappa shape index (κ3) is 2.67. The first-order valence-corrected chi connectivity index (χ1v) is 9.09. The molecule has 3 aromatic rings. The molecule has 0 saturated carbocycles. The number of aromatic nitrogens is 4. The van der Waals surface area contributed by atoms with Gasteiger partial charge in [0.05, 0.1) is 5.02 Å². The lowest BCUT2D eigenvalue weighted by Crippen LogP contribution is -2.38. The molecule has 2 aromatic heterocycles. The summed E-state index contributed by atoms with van der Waals surface area (Å²) in [6.45, 7) is 3.74. The summed E-state index contributed by atoms with van der Waals surface area (Å²) >= 11 is 7.61. The van der Waals surface area contributed by atoms with Crippen LogP contribution in [0, 0.1) is 5.92 Å². The lowest BCUT2D eigenvalue weighted by atomic mass is 9.99. The van der Waals surface area contributed by atoms with Crippen molar-refractivity contribution in [2.24, 2.45) is 5.92 Å². The van der Waals surface area contributed by atoms with Gasteiger partial charge in [0.15, 0.2) is 0 Å². The molecule has 8 heteroatoms. The number of amides is 1. The van der Waals surface area contributed by atoms with E-state index in [1.807, 2.05) is 29.2 Å². The monoisotopic (exact) mass is 361 g/mol. The van der Waals surface area contributed by atoms with Gasteiger partial charge in [0, 0.05) is 18.7 Å². The van der Waals surface area contributed by atoms with Gasteiger partial charge in [-0.15, -0.1) is 10.2 Å². The molecule has 0 N–H and O–H groups in total. The number of likely N-dealkylation sites (tertiary alicyclic amines) is 1. The summed E-state index contributed by atoms with van der Waals surface area (Å²) in [4.78, 5) is 15.2. The smallest absolute Gasteiger partial charge is 0.293 e. The summed E-state index contributed by atoms with van der Waals surface area (Å²) in [5.74, 6) is 0.832. The number of piperidine rings is 1. The predicted molar refractivity (Wildman–Crippen MR) is 93.4 cm³/mol. The van der Waals surface area contributed by atoms with Crippen LogP contribution in [0.5, 0.6) is 0 Å². The molecule has 3 heterocycles. The minimum atomic E-state index is -0.106. The summed E-state index contributed by atoms with van der Waals surface area (Å²) in [7, 11) is 0. The van der Waals surface area contributed by atoms with E-state index < -0.39 is 0 Å². The molecule has 1 saturated heterocycles. The number of nitrogens with zero attached hydrogens (tertiary/aromatic N) is 5. The van der Waals surface area contributed by atoms with E-state index in [1.54, 1.807) is 0 Å². The van der Waals surface area contributed by atoms with E-state index in [0.29, 0.717) is 15.9 Å². The first kappa shape index (κ1) is 15.5. The quantitative estimate of drug-likeness (QED) is 0.702. The minimum absolute atomic E-state index is 0.106. The second kappa shape index (κ2) is 6.14. The normalized spacial score (nSPS) is 16.0. The summed E-state index contributed by atoms with van der Waals surface area (Å²) in [6, 6.07) is 7.50. The first-order valence-electron chi connectivity index (χ1n) is 7.90. The molecule has 124 valence electrons. The van der Waals surface area contributed by atoms with Crippen molar-refractivity contribution in [3.8, 4) is 10.6 Å². The zero-order valence-corrected chi connectivity index (χ0v) is 14.7. The second-order valence-corrected chi connectivity index (χ2v) is 7.44. The lowest BCUT2D eigenvalue weighted by molar-refractivity contribution is 0.0682. The van der Waals surface area contributed by atoms with Gasteiger partial charge >= 0.3 is 0 Å². The Morgan fingerprint density at radius 2 is 2.00 bits per heavy atom. The molecular formula is C16H16ClN5OS. The standard InChI is InChI=1S/C16H16ClN5OS/c1-10-6-8-21(9-7-10)15(23)13-18-19-16-22(13)20-14(24-16)11-4-2-3-5-12(11)17/h2-5,10H,6-9H2,1H3. The van der Waals surface area contributed by atoms with Crippen molar-refractivity contribution < 1.29 is 4.79 Å². The molecule has 1 aliphatic rings. The summed E-state index contributed by atoms with van der Waals surface area (Å²) in [5.41, 5.74) is 0.833. The third-order valence-electron chi connectivity index (χ3n) is 4.36. The molecule has 0 bridgehead atoms. The largest absolute Gasteiger partial charge is 0.336 e. The minimum Gasteiger partial charge on any atom is -0.336 e. The fourth-order valence-electron chi connectivity index (χ4n) is 2.85. The van der Waals surface area contributed by atoms with Crippen molar-refractivity contribution in [3.63, 3.8) is 0 Å². The van der Waals surface area contributed by atoms with E-state index in [2.05, 4.69) is 22.2 Å². The van der Waals surface area contributed by atoms with Gasteiger partial charge in [-0.1, -0.05) is 48.1 Å². The van der Waals surface area contributed by atoms with Crippen LogP contribution in [0.15, 0.2) is 24.3 Å². The van der Waals surface area contributed by atoms with Crippen LogP contribution < -0.4 is 0 Å². The highest BCUT2D eigenvalue weighted by Gasteiger charge is 2.26. The van der Waals surface area contributed by atoms with Gasteiger partial charge in [0.1, 0.15) is 5.01 Å². The van der Waals surface area contributed by atoms with E-state index in [0.717, 1.165) is 36.5 Å². The maximum absolute atomic E-state index is 12.7. The fraction of sp³-hybridized carbons (Fsp3) is 0.375. The molecule has 1 aromatic carbocycles. The Morgan fingerprint density at radius 3 is 2.75 bits per heavy atom. The van der Waals surface area contributed by atoms with Gasteiger partial charge in [0.25, 0.3) is 5.91 Å². The summed E-state index contributed by atoms with van der Waals surface area (Å²) in [6.07, 6.45) is 2.05. The number of halogens is 1. The Hall–Kier alpha value is -1.99. The first-order chi connectivity index (χ1) is 11.6. The lowest BCUT2D eigenvalue weighted by Gasteiger charge is -2.29. The van der Waals surface area contributed by atoms with E-state index >= 15 is 0 Å². The van der Waals surface area contributed by atoms with Crippen LogP contribution in [0.25, 0.3) is 15.5 Å². The molecule has 6 nitrogen and oxygen atoms in total. The van der Waals surface area contributed by atoms with Crippen molar-refractivity contribution in [1.82, 2.24) is 24.7 Å². The molecule has 1 amide bonds. The number of hydrogen-bond acceptors (Lipinski definition) is 5. The number of rotatable bonds is 2. The van der Waals surface area contributed by atoms with Crippen molar-refractivity contribution in [2.45, 2.75) is 19.8 Å². The van der Waals surface area contributed by atoms with Crippen LogP contribution >= 0.6 is 22.9 Å². The Labute approximate surface area is 148 Å². The molecule has 0 aliphatic carbocycles. The van der Waals surface area contributed by atoms with Crippen LogP contribution in [0.3, 0.4) is 0 Å². The van der Waals surface area contributed by atoms with Crippen LogP contribution in [0.4, 0.5) is 0 Å². The zero-order chi connectivity index (χ0) is 16.7. The van der Waals surface area contributed by atoms with Crippen molar-refractivity contribution >= 4 is 33.8 Å². The predicted octanol–water partition coefficient (Wildman–Crippen LogP) is 3.38. The topological polar surface area (TPSA) is 63.4 Å². The average molecular weight is 362 g/mol. The maximum Gasteiger partial charge on any atom is 0.293 e. The van der Waals surface area contributed by atoms with Crippen LogP contribution in [-0.4, -0.2) is 43.7 Å². The van der Waals surface area contributed by atoms with Crippen molar-refractivity contribution in [3.05, 3.63) is 35.1 Å².